The van der Waals surface area contributed by atoms with Gasteiger partial charge in [0.2, 0.25) is 0 Å². The maximum absolute atomic E-state index is 10.3. The summed E-state index contributed by atoms with van der Waals surface area (Å²) < 4.78 is 0. The Hall–Kier alpha value is -0.120. The Bertz CT molecular complexity index is 259. The van der Waals surface area contributed by atoms with Crippen LogP contribution in [0.1, 0.15) is 51.4 Å². The van der Waals surface area contributed by atoms with E-state index in [4.69, 9.17) is 0 Å². The van der Waals surface area contributed by atoms with Gasteiger partial charge < -0.3 is 10.4 Å². The topological polar surface area (TPSA) is 35.5 Å². The van der Waals surface area contributed by atoms with Gasteiger partial charge in [-0.3, -0.25) is 4.90 Å². The Morgan fingerprint density at radius 2 is 1.71 bits per heavy atom. The van der Waals surface area contributed by atoms with Crippen molar-refractivity contribution in [2.75, 3.05) is 13.1 Å². The van der Waals surface area contributed by atoms with Crippen LogP contribution in [0.15, 0.2) is 0 Å². The molecule has 0 radical (unpaired) electrons. The number of aliphatic hydroxyl groups is 1. The molecular formula is C14H26N2O. The van der Waals surface area contributed by atoms with Crippen molar-refractivity contribution in [3.05, 3.63) is 0 Å². The van der Waals surface area contributed by atoms with E-state index in [1.165, 1.54) is 51.5 Å². The van der Waals surface area contributed by atoms with Crippen LogP contribution in [0.3, 0.4) is 0 Å². The molecule has 3 fully saturated rings. The first-order valence-electron chi connectivity index (χ1n) is 7.51. The predicted octanol–water partition coefficient (Wildman–Crippen LogP) is 1.51. The molecule has 2 bridgehead atoms. The number of nitrogens with one attached hydrogen (secondary N) is 1. The van der Waals surface area contributed by atoms with Crippen molar-refractivity contribution in [3.63, 3.8) is 0 Å². The number of aliphatic hydroxyl groups excluding tert-OH is 1. The minimum Gasteiger partial charge on any atom is -0.391 e. The highest BCUT2D eigenvalue weighted by molar-refractivity contribution is 4.93. The van der Waals surface area contributed by atoms with Gasteiger partial charge >= 0.3 is 0 Å². The normalized spacial score (nSPS) is 44.3. The lowest BCUT2D eigenvalue weighted by Gasteiger charge is -2.35. The first-order chi connectivity index (χ1) is 8.33. The zero-order valence-corrected chi connectivity index (χ0v) is 10.8. The van der Waals surface area contributed by atoms with E-state index in [-0.39, 0.29) is 6.10 Å². The molecule has 2 heterocycles. The van der Waals surface area contributed by atoms with E-state index in [1.807, 2.05) is 0 Å². The molecule has 3 aliphatic rings. The van der Waals surface area contributed by atoms with Crippen LogP contribution in [0.2, 0.25) is 0 Å². The van der Waals surface area contributed by atoms with Crippen LogP contribution in [0.4, 0.5) is 0 Å². The standard InChI is InChI=1S/C14H26N2O/c17-14-5-3-1-2-4-13(14)16-9-8-11-6-7-12(10-16)15-11/h11-15,17H,1-10H2. The van der Waals surface area contributed by atoms with Crippen LogP contribution in [-0.2, 0) is 0 Å². The number of rotatable bonds is 1. The zero-order chi connectivity index (χ0) is 11.7. The van der Waals surface area contributed by atoms with E-state index >= 15 is 0 Å². The van der Waals surface area contributed by atoms with E-state index in [1.54, 1.807) is 0 Å². The van der Waals surface area contributed by atoms with Gasteiger partial charge in [-0.15, -0.1) is 0 Å². The van der Waals surface area contributed by atoms with E-state index < -0.39 is 0 Å². The van der Waals surface area contributed by atoms with Crippen molar-refractivity contribution in [1.82, 2.24) is 10.2 Å². The molecule has 1 aliphatic carbocycles. The molecule has 17 heavy (non-hydrogen) atoms. The monoisotopic (exact) mass is 238 g/mol. The lowest BCUT2D eigenvalue weighted by atomic mass is 10.0. The van der Waals surface area contributed by atoms with Crippen LogP contribution in [0, 0.1) is 0 Å². The molecular weight excluding hydrogens is 212 g/mol. The number of hydrogen-bond donors (Lipinski definition) is 2. The fourth-order valence-corrected chi connectivity index (χ4v) is 3.97. The summed E-state index contributed by atoms with van der Waals surface area (Å²) in [6, 6.07) is 1.89. The second-order valence-electron chi connectivity index (χ2n) is 6.19. The smallest absolute Gasteiger partial charge is 0.0695 e. The number of likely N-dealkylation sites (tertiary alicyclic amines) is 1. The molecule has 98 valence electrons. The lowest BCUT2D eigenvalue weighted by Crippen LogP contribution is -2.47. The largest absolute Gasteiger partial charge is 0.391 e. The molecule has 2 aliphatic heterocycles. The Kier molecular flexibility index (Phi) is 3.69. The average Bonchev–Trinajstić information content (AvgIpc) is 2.50. The molecule has 1 saturated carbocycles. The van der Waals surface area contributed by atoms with Crippen molar-refractivity contribution in [2.45, 2.75) is 75.6 Å². The Morgan fingerprint density at radius 3 is 2.65 bits per heavy atom. The minimum absolute atomic E-state index is 0.0749. The van der Waals surface area contributed by atoms with Crippen molar-refractivity contribution < 1.29 is 5.11 Å². The third-order valence-corrected chi connectivity index (χ3v) is 4.97. The summed E-state index contributed by atoms with van der Waals surface area (Å²) >= 11 is 0. The molecule has 0 amide bonds. The van der Waals surface area contributed by atoms with E-state index in [0.717, 1.165) is 19.0 Å². The lowest BCUT2D eigenvalue weighted by molar-refractivity contribution is 0.0416. The fourth-order valence-electron chi connectivity index (χ4n) is 3.97. The maximum Gasteiger partial charge on any atom is 0.0695 e. The molecule has 4 unspecified atom stereocenters. The zero-order valence-electron chi connectivity index (χ0n) is 10.8. The highest BCUT2D eigenvalue weighted by Crippen LogP contribution is 2.27. The highest BCUT2D eigenvalue weighted by Gasteiger charge is 2.34. The van der Waals surface area contributed by atoms with Crippen LogP contribution in [0.5, 0.6) is 0 Å². The summed E-state index contributed by atoms with van der Waals surface area (Å²) in [6.07, 6.45) is 9.96. The molecule has 3 nitrogen and oxygen atoms in total. The molecule has 4 atom stereocenters. The van der Waals surface area contributed by atoms with Gasteiger partial charge in [0.05, 0.1) is 6.10 Å². The number of nitrogens with zero attached hydrogens (tertiary/aromatic N) is 1. The van der Waals surface area contributed by atoms with E-state index in [2.05, 4.69) is 10.2 Å². The molecule has 0 spiro atoms. The van der Waals surface area contributed by atoms with Crippen molar-refractivity contribution in [2.24, 2.45) is 0 Å². The van der Waals surface area contributed by atoms with Crippen LogP contribution < -0.4 is 5.32 Å². The van der Waals surface area contributed by atoms with Gasteiger partial charge in [-0.1, -0.05) is 19.3 Å². The highest BCUT2D eigenvalue weighted by atomic mass is 16.3. The van der Waals surface area contributed by atoms with Gasteiger partial charge in [0.15, 0.2) is 0 Å². The van der Waals surface area contributed by atoms with Gasteiger partial charge in [-0.2, -0.15) is 0 Å². The van der Waals surface area contributed by atoms with Crippen molar-refractivity contribution in [3.8, 4) is 0 Å². The number of fused-ring (bicyclic) bond motifs is 2. The summed E-state index contributed by atoms with van der Waals surface area (Å²) in [4.78, 5) is 2.59. The third-order valence-electron chi connectivity index (χ3n) is 4.97. The quantitative estimate of drug-likeness (QED) is 0.680. The van der Waals surface area contributed by atoms with Crippen LogP contribution >= 0.6 is 0 Å². The maximum atomic E-state index is 10.3. The molecule has 0 aromatic heterocycles. The van der Waals surface area contributed by atoms with Crippen molar-refractivity contribution in [1.29, 1.82) is 0 Å². The van der Waals surface area contributed by atoms with Gasteiger partial charge in [-0.05, 0) is 32.1 Å². The van der Waals surface area contributed by atoms with Gasteiger partial charge in [0, 0.05) is 31.2 Å². The number of hydrogen-bond acceptors (Lipinski definition) is 3. The van der Waals surface area contributed by atoms with Gasteiger partial charge in [0.25, 0.3) is 0 Å². The Balaban J connectivity index is 1.65. The van der Waals surface area contributed by atoms with Gasteiger partial charge in [0.1, 0.15) is 0 Å². The summed E-state index contributed by atoms with van der Waals surface area (Å²) in [6.45, 7) is 2.36. The van der Waals surface area contributed by atoms with E-state index in [9.17, 15) is 5.11 Å². The summed E-state index contributed by atoms with van der Waals surface area (Å²) in [5.41, 5.74) is 0. The Labute approximate surface area is 105 Å². The van der Waals surface area contributed by atoms with Crippen molar-refractivity contribution >= 4 is 0 Å². The molecule has 0 aromatic rings. The third kappa shape index (κ3) is 2.67. The SMILES string of the molecule is OC1CCCCCC1N1CCC2CCC(C1)N2. The second kappa shape index (κ2) is 5.25. The Morgan fingerprint density at radius 1 is 0.882 bits per heavy atom. The summed E-state index contributed by atoms with van der Waals surface area (Å²) in [5.74, 6) is 0. The molecule has 0 aromatic carbocycles. The first-order valence-corrected chi connectivity index (χ1v) is 7.51. The van der Waals surface area contributed by atoms with Gasteiger partial charge in [-0.25, -0.2) is 0 Å². The summed E-state index contributed by atoms with van der Waals surface area (Å²) in [7, 11) is 0. The van der Waals surface area contributed by atoms with Crippen LogP contribution in [0.25, 0.3) is 0 Å². The molecule has 2 saturated heterocycles. The fraction of sp³-hybridized carbons (Fsp3) is 1.00. The molecule has 3 heteroatoms. The first kappa shape index (κ1) is 11.9. The predicted molar refractivity (Wildman–Crippen MR) is 69.0 cm³/mol. The van der Waals surface area contributed by atoms with Crippen LogP contribution in [-0.4, -0.2) is 47.3 Å². The molecule has 3 rings (SSSR count). The van der Waals surface area contributed by atoms with E-state index in [0.29, 0.717) is 12.1 Å². The average molecular weight is 238 g/mol. The minimum atomic E-state index is -0.0749. The molecule has 2 N–H and O–H groups in total. The summed E-state index contributed by atoms with van der Waals surface area (Å²) in [5, 5.41) is 14.0. The second-order valence-corrected chi connectivity index (χ2v) is 6.19.